The second-order valence-corrected chi connectivity index (χ2v) is 3.78. The summed E-state index contributed by atoms with van der Waals surface area (Å²) in [5.74, 6) is -0.325. The quantitative estimate of drug-likeness (QED) is 0.610. The van der Waals surface area contributed by atoms with Gasteiger partial charge >= 0.3 is 0 Å². The number of ether oxygens (including phenoxy) is 2. The van der Waals surface area contributed by atoms with E-state index in [1.54, 1.807) is 0 Å². The van der Waals surface area contributed by atoms with E-state index >= 15 is 0 Å². The third kappa shape index (κ3) is 4.50. The molecule has 1 rings (SSSR count). The number of rotatable bonds is 7. The number of hydrogen-bond acceptors (Lipinski definition) is 3. The molecule has 0 atom stereocenters. The highest BCUT2D eigenvalue weighted by atomic mass is 35.5. The van der Waals surface area contributed by atoms with Crippen LogP contribution in [-0.2, 0) is 4.74 Å². The van der Waals surface area contributed by atoms with E-state index in [1.807, 2.05) is 0 Å². The van der Waals surface area contributed by atoms with Gasteiger partial charge in [0, 0.05) is 18.5 Å². The molecule has 0 radical (unpaired) electrons. The highest BCUT2D eigenvalue weighted by Crippen LogP contribution is 2.15. The molecule has 1 aromatic rings. The molecule has 0 aliphatic heterocycles. The fourth-order valence-corrected chi connectivity index (χ4v) is 1.40. The minimum atomic E-state index is -0.617. The van der Waals surface area contributed by atoms with Crippen LogP contribution in [0.1, 0.15) is 10.4 Å². The van der Waals surface area contributed by atoms with E-state index in [2.05, 4.69) is 5.32 Å². The number of benzene rings is 1. The summed E-state index contributed by atoms with van der Waals surface area (Å²) >= 11 is 5.41. The summed E-state index contributed by atoms with van der Waals surface area (Å²) in [6, 6.07) is 4.07. The zero-order valence-corrected chi connectivity index (χ0v) is 10.8. The molecule has 6 heteroatoms. The van der Waals surface area contributed by atoms with E-state index < -0.39 is 11.7 Å². The number of alkyl halides is 1. The summed E-state index contributed by atoms with van der Waals surface area (Å²) in [4.78, 5) is 11.6. The van der Waals surface area contributed by atoms with Crippen molar-refractivity contribution in [2.24, 2.45) is 0 Å². The van der Waals surface area contributed by atoms with Crippen LogP contribution in [0.2, 0.25) is 0 Å². The summed E-state index contributed by atoms with van der Waals surface area (Å²) in [5, 5.41) is 2.55. The van der Waals surface area contributed by atoms with Crippen LogP contribution in [-0.4, -0.2) is 38.7 Å². The largest absolute Gasteiger partial charge is 0.497 e. The van der Waals surface area contributed by atoms with E-state index in [0.717, 1.165) is 0 Å². The topological polar surface area (TPSA) is 47.6 Å². The number of halogens is 2. The van der Waals surface area contributed by atoms with Crippen molar-refractivity contribution in [2.45, 2.75) is 0 Å². The molecule has 1 aromatic carbocycles. The Bertz CT molecular complexity index is 401. The molecule has 4 nitrogen and oxygen atoms in total. The van der Waals surface area contributed by atoms with E-state index in [1.165, 1.54) is 25.3 Å². The second kappa shape index (κ2) is 7.89. The Morgan fingerprint density at radius 3 is 2.83 bits per heavy atom. The zero-order valence-electron chi connectivity index (χ0n) is 10.0. The van der Waals surface area contributed by atoms with Crippen molar-refractivity contribution in [2.75, 3.05) is 32.7 Å². The molecular formula is C12H15ClFNO3. The fraction of sp³-hybridized carbons (Fsp3) is 0.417. The molecule has 0 saturated heterocycles. The van der Waals surface area contributed by atoms with Crippen molar-refractivity contribution < 1.29 is 18.7 Å². The molecule has 0 unspecified atom stereocenters. The number of carbonyl (C=O) groups is 1. The minimum absolute atomic E-state index is 0.0202. The Kier molecular flexibility index (Phi) is 6.46. The van der Waals surface area contributed by atoms with Gasteiger partial charge in [-0.05, 0) is 12.1 Å². The van der Waals surface area contributed by atoms with Crippen LogP contribution in [0.25, 0.3) is 0 Å². The normalized spacial score (nSPS) is 10.2. The van der Waals surface area contributed by atoms with E-state index in [9.17, 15) is 9.18 Å². The highest BCUT2D eigenvalue weighted by Gasteiger charge is 2.11. The molecule has 0 heterocycles. The summed E-state index contributed by atoms with van der Waals surface area (Å²) < 4.78 is 23.5. The van der Waals surface area contributed by atoms with Gasteiger partial charge in [-0.2, -0.15) is 0 Å². The van der Waals surface area contributed by atoms with Gasteiger partial charge in [-0.3, -0.25) is 4.79 Å². The van der Waals surface area contributed by atoms with Gasteiger partial charge < -0.3 is 14.8 Å². The van der Waals surface area contributed by atoms with Gasteiger partial charge in [0.05, 0.1) is 25.9 Å². The van der Waals surface area contributed by atoms with Crippen LogP contribution < -0.4 is 10.1 Å². The van der Waals surface area contributed by atoms with Gasteiger partial charge in [-0.15, -0.1) is 11.6 Å². The molecule has 0 saturated carbocycles. The molecule has 0 aliphatic rings. The van der Waals surface area contributed by atoms with Crippen LogP contribution >= 0.6 is 11.6 Å². The van der Waals surface area contributed by atoms with Gasteiger partial charge in [0.1, 0.15) is 11.6 Å². The predicted octanol–water partition coefficient (Wildman–Crippen LogP) is 1.82. The van der Waals surface area contributed by atoms with Crippen molar-refractivity contribution in [3.63, 3.8) is 0 Å². The molecule has 18 heavy (non-hydrogen) atoms. The molecule has 0 spiro atoms. The molecule has 0 aromatic heterocycles. The zero-order chi connectivity index (χ0) is 13.4. The monoisotopic (exact) mass is 275 g/mol. The second-order valence-electron chi connectivity index (χ2n) is 3.40. The van der Waals surface area contributed by atoms with Crippen LogP contribution in [0.3, 0.4) is 0 Å². The Labute approximate surface area is 110 Å². The van der Waals surface area contributed by atoms with Gasteiger partial charge in [-0.25, -0.2) is 4.39 Å². The molecule has 1 amide bonds. The predicted molar refractivity (Wildman–Crippen MR) is 66.8 cm³/mol. The molecule has 1 N–H and O–H groups in total. The summed E-state index contributed by atoms with van der Waals surface area (Å²) in [5.41, 5.74) is -0.0202. The van der Waals surface area contributed by atoms with Crippen molar-refractivity contribution in [3.05, 3.63) is 29.6 Å². The van der Waals surface area contributed by atoms with E-state index in [4.69, 9.17) is 21.1 Å². The Balaban J connectivity index is 2.46. The first kappa shape index (κ1) is 14.7. The SMILES string of the molecule is COc1ccc(C(=O)NCCOCCCl)c(F)c1. The van der Waals surface area contributed by atoms with Gasteiger partial charge in [0.2, 0.25) is 0 Å². The molecular weight excluding hydrogens is 261 g/mol. The molecule has 0 fully saturated rings. The minimum Gasteiger partial charge on any atom is -0.497 e. The lowest BCUT2D eigenvalue weighted by Crippen LogP contribution is -2.28. The number of amides is 1. The Morgan fingerprint density at radius 2 is 2.22 bits per heavy atom. The first-order valence-electron chi connectivity index (χ1n) is 5.44. The first-order valence-corrected chi connectivity index (χ1v) is 5.98. The van der Waals surface area contributed by atoms with Gasteiger partial charge in [0.25, 0.3) is 5.91 Å². The third-order valence-corrected chi connectivity index (χ3v) is 2.33. The number of carbonyl (C=O) groups excluding carboxylic acids is 1. The summed E-state index contributed by atoms with van der Waals surface area (Å²) in [6.07, 6.45) is 0. The third-order valence-electron chi connectivity index (χ3n) is 2.17. The van der Waals surface area contributed by atoms with E-state index in [-0.39, 0.29) is 5.56 Å². The van der Waals surface area contributed by atoms with Crippen LogP contribution in [0.15, 0.2) is 18.2 Å². The van der Waals surface area contributed by atoms with Crippen LogP contribution in [0.4, 0.5) is 4.39 Å². The van der Waals surface area contributed by atoms with Crippen molar-refractivity contribution in [3.8, 4) is 5.75 Å². The van der Waals surface area contributed by atoms with E-state index in [0.29, 0.717) is 31.4 Å². The average molecular weight is 276 g/mol. The number of methoxy groups -OCH3 is 1. The summed E-state index contributed by atoms with van der Waals surface area (Å²) in [7, 11) is 1.43. The maximum atomic E-state index is 13.5. The molecule has 0 bridgehead atoms. The van der Waals surface area contributed by atoms with Crippen molar-refractivity contribution in [1.29, 1.82) is 0 Å². The number of nitrogens with one attached hydrogen (secondary N) is 1. The number of hydrogen-bond donors (Lipinski definition) is 1. The average Bonchev–Trinajstić information content (AvgIpc) is 2.38. The standard InChI is InChI=1S/C12H15ClFNO3/c1-17-9-2-3-10(11(14)8-9)12(16)15-5-7-18-6-4-13/h2-3,8H,4-7H2,1H3,(H,15,16). The Hall–Kier alpha value is -1.33. The van der Waals surface area contributed by atoms with Gasteiger partial charge in [0.15, 0.2) is 0 Å². The molecule has 100 valence electrons. The summed E-state index contributed by atoms with van der Waals surface area (Å²) in [6.45, 7) is 1.08. The lowest BCUT2D eigenvalue weighted by molar-refractivity contribution is 0.0919. The van der Waals surface area contributed by atoms with Crippen molar-refractivity contribution >= 4 is 17.5 Å². The van der Waals surface area contributed by atoms with Crippen molar-refractivity contribution in [1.82, 2.24) is 5.32 Å². The van der Waals surface area contributed by atoms with Crippen LogP contribution in [0, 0.1) is 5.82 Å². The lowest BCUT2D eigenvalue weighted by atomic mass is 10.2. The van der Waals surface area contributed by atoms with Gasteiger partial charge in [-0.1, -0.05) is 0 Å². The Morgan fingerprint density at radius 1 is 1.44 bits per heavy atom. The smallest absolute Gasteiger partial charge is 0.254 e. The maximum absolute atomic E-state index is 13.5. The first-order chi connectivity index (χ1) is 8.69. The van der Waals surface area contributed by atoms with Crippen LogP contribution in [0.5, 0.6) is 5.75 Å². The maximum Gasteiger partial charge on any atom is 0.254 e. The fourth-order valence-electron chi connectivity index (χ4n) is 1.30. The lowest BCUT2D eigenvalue weighted by Gasteiger charge is -2.07. The highest BCUT2D eigenvalue weighted by molar-refractivity contribution is 6.17. The molecule has 0 aliphatic carbocycles.